The van der Waals surface area contributed by atoms with Crippen LogP contribution in [0.3, 0.4) is 0 Å². The minimum Gasteiger partial charge on any atom is -0.443 e. The summed E-state index contributed by atoms with van der Waals surface area (Å²) in [5, 5.41) is 3.47. The van der Waals surface area contributed by atoms with Crippen molar-refractivity contribution in [3.63, 3.8) is 0 Å². The third kappa shape index (κ3) is 3.27. The highest BCUT2D eigenvalue weighted by atomic mass is 16.6. The molecule has 22 heavy (non-hydrogen) atoms. The van der Waals surface area contributed by atoms with Crippen molar-refractivity contribution < 1.29 is 9.53 Å². The molecule has 1 amide bonds. The van der Waals surface area contributed by atoms with E-state index in [4.69, 9.17) is 4.74 Å². The topological polar surface area (TPSA) is 41.6 Å². The van der Waals surface area contributed by atoms with Crippen LogP contribution < -0.4 is 10.2 Å². The van der Waals surface area contributed by atoms with E-state index in [0.29, 0.717) is 5.92 Å². The minimum atomic E-state index is -0.451. The molecule has 0 saturated carbocycles. The van der Waals surface area contributed by atoms with Crippen LogP contribution >= 0.6 is 0 Å². The molecule has 4 heteroatoms. The molecule has 2 aliphatic rings. The first kappa shape index (κ1) is 15.3. The lowest BCUT2D eigenvalue weighted by molar-refractivity contribution is 0.0584. The second-order valence-corrected chi connectivity index (χ2v) is 7.31. The van der Waals surface area contributed by atoms with Crippen molar-refractivity contribution in [1.82, 2.24) is 5.32 Å². The summed E-state index contributed by atoms with van der Waals surface area (Å²) in [6.07, 6.45) is 3.17. The fraction of sp³-hybridized carbons (Fsp3) is 0.611. The normalized spacial score (nSPS) is 21.6. The largest absolute Gasteiger partial charge is 0.443 e. The number of ether oxygens (including phenoxy) is 1. The first-order valence-corrected chi connectivity index (χ1v) is 8.28. The van der Waals surface area contributed by atoms with Crippen LogP contribution in [0.25, 0.3) is 0 Å². The Morgan fingerprint density at radius 2 is 2.18 bits per heavy atom. The van der Waals surface area contributed by atoms with E-state index < -0.39 is 5.60 Å². The Labute approximate surface area is 132 Å². The molecular weight excluding hydrogens is 276 g/mol. The van der Waals surface area contributed by atoms with E-state index in [0.717, 1.165) is 31.7 Å². The van der Waals surface area contributed by atoms with Gasteiger partial charge in [-0.25, -0.2) is 4.79 Å². The van der Waals surface area contributed by atoms with E-state index in [1.165, 1.54) is 24.0 Å². The number of hydrogen-bond acceptors (Lipinski definition) is 3. The SMILES string of the molecule is CC(C)(C)OC(=O)N1CCc2cc(C3CCCNC3)ccc21. The van der Waals surface area contributed by atoms with Crippen LogP contribution in [0.15, 0.2) is 18.2 Å². The van der Waals surface area contributed by atoms with Gasteiger partial charge in [0.25, 0.3) is 0 Å². The van der Waals surface area contributed by atoms with Gasteiger partial charge >= 0.3 is 6.09 Å². The fourth-order valence-electron chi connectivity index (χ4n) is 3.32. The number of nitrogens with one attached hydrogen (secondary N) is 1. The number of fused-ring (bicyclic) bond motifs is 1. The van der Waals surface area contributed by atoms with Crippen molar-refractivity contribution >= 4 is 11.8 Å². The Kier molecular flexibility index (Phi) is 4.13. The lowest BCUT2D eigenvalue weighted by atomic mass is 9.90. The van der Waals surface area contributed by atoms with Gasteiger partial charge in [0.1, 0.15) is 5.60 Å². The van der Waals surface area contributed by atoms with Gasteiger partial charge < -0.3 is 10.1 Å². The molecule has 1 aromatic rings. The molecule has 0 spiro atoms. The Balaban J connectivity index is 1.76. The van der Waals surface area contributed by atoms with Gasteiger partial charge in [0.2, 0.25) is 0 Å². The molecule has 0 aromatic heterocycles. The maximum absolute atomic E-state index is 12.3. The van der Waals surface area contributed by atoms with Gasteiger partial charge in [-0.15, -0.1) is 0 Å². The predicted molar refractivity (Wildman–Crippen MR) is 88.6 cm³/mol. The van der Waals surface area contributed by atoms with Crippen LogP contribution in [0.1, 0.15) is 50.7 Å². The van der Waals surface area contributed by atoms with E-state index in [9.17, 15) is 4.79 Å². The average Bonchev–Trinajstić information content (AvgIpc) is 2.89. The first-order chi connectivity index (χ1) is 10.4. The number of amides is 1. The van der Waals surface area contributed by atoms with Gasteiger partial charge in [0.15, 0.2) is 0 Å². The lowest BCUT2D eigenvalue weighted by Gasteiger charge is -2.26. The number of carbonyl (C=O) groups is 1. The van der Waals surface area contributed by atoms with Crippen molar-refractivity contribution in [3.8, 4) is 0 Å². The lowest BCUT2D eigenvalue weighted by Crippen LogP contribution is -2.35. The molecule has 2 aliphatic heterocycles. The number of rotatable bonds is 1. The van der Waals surface area contributed by atoms with Crippen molar-refractivity contribution in [2.24, 2.45) is 0 Å². The average molecular weight is 302 g/mol. The molecule has 4 nitrogen and oxygen atoms in total. The first-order valence-electron chi connectivity index (χ1n) is 8.28. The van der Waals surface area contributed by atoms with Gasteiger partial charge in [-0.3, -0.25) is 4.90 Å². The molecule has 1 atom stereocenters. The van der Waals surface area contributed by atoms with E-state index in [1.54, 1.807) is 4.90 Å². The monoisotopic (exact) mass is 302 g/mol. The zero-order valence-corrected chi connectivity index (χ0v) is 13.8. The summed E-state index contributed by atoms with van der Waals surface area (Å²) in [6, 6.07) is 6.56. The number of piperidine rings is 1. The quantitative estimate of drug-likeness (QED) is 0.864. The van der Waals surface area contributed by atoms with Crippen LogP contribution in [-0.4, -0.2) is 31.3 Å². The van der Waals surface area contributed by atoms with E-state index in [2.05, 4.69) is 23.5 Å². The highest BCUT2D eigenvalue weighted by molar-refractivity contribution is 5.90. The molecule has 1 saturated heterocycles. The van der Waals surface area contributed by atoms with Gasteiger partial charge in [0.05, 0.1) is 5.69 Å². The highest BCUT2D eigenvalue weighted by Gasteiger charge is 2.29. The number of anilines is 1. The molecule has 1 aromatic carbocycles. The van der Waals surface area contributed by atoms with Gasteiger partial charge in [0, 0.05) is 13.1 Å². The molecule has 1 unspecified atom stereocenters. The zero-order valence-electron chi connectivity index (χ0n) is 13.8. The summed E-state index contributed by atoms with van der Waals surface area (Å²) in [5.41, 5.74) is 3.24. The molecule has 2 heterocycles. The van der Waals surface area contributed by atoms with Crippen molar-refractivity contribution in [3.05, 3.63) is 29.3 Å². The van der Waals surface area contributed by atoms with Gasteiger partial charge in [-0.1, -0.05) is 12.1 Å². The summed E-state index contributed by atoms with van der Waals surface area (Å²) >= 11 is 0. The number of carbonyl (C=O) groups excluding carboxylic acids is 1. The van der Waals surface area contributed by atoms with Crippen LogP contribution in [0.2, 0.25) is 0 Å². The zero-order chi connectivity index (χ0) is 15.7. The number of hydrogen-bond donors (Lipinski definition) is 1. The van der Waals surface area contributed by atoms with Gasteiger partial charge in [-0.05, 0) is 69.7 Å². The smallest absolute Gasteiger partial charge is 0.414 e. The van der Waals surface area contributed by atoms with E-state index in [1.807, 2.05) is 20.8 Å². The molecule has 3 rings (SSSR count). The second kappa shape index (κ2) is 5.92. The summed E-state index contributed by atoms with van der Waals surface area (Å²) in [7, 11) is 0. The number of benzene rings is 1. The fourth-order valence-corrected chi connectivity index (χ4v) is 3.32. The third-order valence-corrected chi connectivity index (χ3v) is 4.38. The maximum atomic E-state index is 12.3. The van der Waals surface area contributed by atoms with Gasteiger partial charge in [-0.2, -0.15) is 0 Å². The Bertz CT molecular complexity index is 557. The second-order valence-electron chi connectivity index (χ2n) is 7.31. The molecule has 0 aliphatic carbocycles. The van der Waals surface area contributed by atoms with Crippen LogP contribution in [-0.2, 0) is 11.2 Å². The summed E-state index contributed by atoms with van der Waals surface area (Å²) < 4.78 is 5.50. The van der Waals surface area contributed by atoms with Crippen molar-refractivity contribution in [2.45, 2.75) is 51.6 Å². The highest BCUT2D eigenvalue weighted by Crippen LogP contribution is 2.33. The van der Waals surface area contributed by atoms with Crippen LogP contribution in [0, 0.1) is 0 Å². The standard InChI is InChI=1S/C18H26N2O2/c1-18(2,3)22-17(21)20-10-8-14-11-13(6-7-16(14)20)15-5-4-9-19-12-15/h6-7,11,15,19H,4-5,8-10,12H2,1-3H3. The molecule has 1 fully saturated rings. The number of nitrogens with zero attached hydrogens (tertiary/aromatic N) is 1. The summed E-state index contributed by atoms with van der Waals surface area (Å²) in [4.78, 5) is 14.1. The minimum absolute atomic E-state index is 0.238. The molecular formula is C18H26N2O2. The van der Waals surface area contributed by atoms with Crippen LogP contribution in [0.4, 0.5) is 10.5 Å². The Hall–Kier alpha value is -1.55. The maximum Gasteiger partial charge on any atom is 0.414 e. The predicted octanol–water partition coefficient (Wildman–Crippen LogP) is 3.45. The Morgan fingerprint density at radius 3 is 2.86 bits per heavy atom. The third-order valence-electron chi connectivity index (χ3n) is 4.38. The van der Waals surface area contributed by atoms with E-state index in [-0.39, 0.29) is 6.09 Å². The molecule has 1 N–H and O–H groups in total. The van der Waals surface area contributed by atoms with Crippen molar-refractivity contribution in [2.75, 3.05) is 24.5 Å². The summed E-state index contributed by atoms with van der Waals surface area (Å²) in [6.45, 7) is 8.63. The molecule has 0 radical (unpaired) electrons. The molecule has 120 valence electrons. The summed E-state index contributed by atoms with van der Waals surface area (Å²) in [5.74, 6) is 0.606. The van der Waals surface area contributed by atoms with Crippen LogP contribution in [0.5, 0.6) is 0 Å². The van der Waals surface area contributed by atoms with Crippen molar-refractivity contribution in [1.29, 1.82) is 0 Å². The van der Waals surface area contributed by atoms with E-state index >= 15 is 0 Å². The molecule has 0 bridgehead atoms. The Morgan fingerprint density at radius 1 is 1.36 bits per heavy atom.